The smallest absolute Gasteiger partial charge is 0.335 e. The van der Waals surface area contributed by atoms with Crippen LogP contribution in [0.15, 0.2) is 27.6 Å². The van der Waals surface area contributed by atoms with Crippen LogP contribution in [-0.2, 0) is 0 Å². The highest BCUT2D eigenvalue weighted by Crippen LogP contribution is 2.71. The van der Waals surface area contributed by atoms with Crippen molar-refractivity contribution in [1.82, 2.24) is 10.2 Å². The van der Waals surface area contributed by atoms with E-state index in [4.69, 9.17) is 4.42 Å². The molecular formula is C29H44N2O5. The summed E-state index contributed by atoms with van der Waals surface area (Å²) in [5.74, 6) is 0.669. The maximum Gasteiger partial charge on any atom is 0.335 e. The number of hydrogen-bond donors (Lipinski definition) is 4. The van der Waals surface area contributed by atoms with Crippen LogP contribution in [0.5, 0.6) is 0 Å². The van der Waals surface area contributed by atoms with Crippen LogP contribution in [0.1, 0.15) is 83.1 Å². The molecule has 4 N–H and O–H groups in total. The summed E-state index contributed by atoms with van der Waals surface area (Å²) in [4.78, 5) is 14.0. The number of nitrogens with zero attached hydrogens (tertiary/aromatic N) is 1. The van der Waals surface area contributed by atoms with Gasteiger partial charge in [0.2, 0.25) is 0 Å². The van der Waals surface area contributed by atoms with Crippen LogP contribution in [0.2, 0.25) is 0 Å². The van der Waals surface area contributed by atoms with Crippen molar-refractivity contribution in [1.29, 1.82) is 0 Å². The van der Waals surface area contributed by atoms with Crippen LogP contribution >= 0.6 is 0 Å². The average molecular weight is 501 g/mol. The van der Waals surface area contributed by atoms with Gasteiger partial charge in [0.15, 0.2) is 0 Å². The average Bonchev–Trinajstić information content (AvgIpc) is 3.16. The lowest BCUT2D eigenvalue weighted by Gasteiger charge is -2.66. The number of hydrogen-bond acceptors (Lipinski definition) is 7. The number of piperazine rings is 1. The van der Waals surface area contributed by atoms with Gasteiger partial charge in [-0.25, -0.2) is 4.79 Å². The molecule has 36 heavy (non-hydrogen) atoms. The molecule has 0 amide bonds. The Hall–Kier alpha value is -1.25. The Bertz CT molecular complexity index is 1030. The lowest BCUT2D eigenvalue weighted by Crippen LogP contribution is -2.69. The maximum absolute atomic E-state index is 12.4. The van der Waals surface area contributed by atoms with Gasteiger partial charge in [0, 0.05) is 43.2 Å². The Morgan fingerprint density at radius 1 is 1.03 bits per heavy atom. The van der Waals surface area contributed by atoms with Crippen molar-refractivity contribution in [3.8, 4) is 0 Å². The third-order valence-corrected chi connectivity index (χ3v) is 12.2. The molecule has 9 atom stereocenters. The number of rotatable bonds is 3. The molecule has 7 heteroatoms. The van der Waals surface area contributed by atoms with Crippen molar-refractivity contribution in [2.75, 3.05) is 26.2 Å². The van der Waals surface area contributed by atoms with Crippen LogP contribution in [0.25, 0.3) is 0 Å². The van der Waals surface area contributed by atoms with Gasteiger partial charge < -0.3 is 25.1 Å². The normalized spacial score (nSPS) is 49.2. The fraction of sp³-hybridized carbons (Fsp3) is 0.828. The highest BCUT2D eigenvalue weighted by Gasteiger charge is 2.70. The fourth-order valence-electron chi connectivity index (χ4n) is 10.0. The Morgan fingerprint density at radius 2 is 1.81 bits per heavy atom. The van der Waals surface area contributed by atoms with E-state index in [-0.39, 0.29) is 40.9 Å². The van der Waals surface area contributed by atoms with Gasteiger partial charge in [0.05, 0.1) is 24.1 Å². The van der Waals surface area contributed by atoms with Gasteiger partial charge in [-0.1, -0.05) is 13.8 Å². The molecule has 200 valence electrons. The summed E-state index contributed by atoms with van der Waals surface area (Å²) in [6, 6.07) is 3.82. The van der Waals surface area contributed by atoms with E-state index in [9.17, 15) is 20.1 Å². The zero-order valence-corrected chi connectivity index (χ0v) is 21.9. The molecule has 0 unspecified atom stereocenters. The molecule has 1 aromatic rings. The first-order valence-corrected chi connectivity index (χ1v) is 14.3. The first kappa shape index (κ1) is 25.1. The molecule has 6 rings (SSSR count). The summed E-state index contributed by atoms with van der Waals surface area (Å²) in [6.07, 6.45) is 9.59. The van der Waals surface area contributed by atoms with Crippen LogP contribution in [0.4, 0.5) is 0 Å². The molecule has 7 nitrogen and oxygen atoms in total. The monoisotopic (exact) mass is 500 g/mol. The molecule has 0 bridgehead atoms. The minimum Gasteiger partial charge on any atom is -0.431 e. The molecule has 4 aliphatic carbocycles. The lowest BCUT2D eigenvalue weighted by atomic mass is 9.41. The van der Waals surface area contributed by atoms with E-state index < -0.39 is 11.2 Å². The van der Waals surface area contributed by atoms with Crippen molar-refractivity contribution in [2.24, 2.45) is 22.7 Å². The van der Waals surface area contributed by atoms with E-state index in [2.05, 4.69) is 24.1 Å². The third kappa shape index (κ3) is 3.39. The molecule has 5 aliphatic rings. The predicted octanol–water partition coefficient (Wildman–Crippen LogP) is 2.63. The van der Waals surface area contributed by atoms with Crippen LogP contribution in [-0.4, -0.2) is 69.7 Å². The summed E-state index contributed by atoms with van der Waals surface area (Å²) >= 11 is 0. The Kier molecular flexibility index (Phi) is 6.01. The van der Waals surface area contributed by atoms with Crippen LogP contribution in [0, 0.1) is 22.7 Å². The van der Waals surface area contributed by atoms with Gasteiger partial charge in [-0.2, -0.15) is 0 Å². The first-order chi connectivity index (χ1) is 17.2. The van der Waals surface area contributed by atoms with Gasteiger partial charge in [-0.3, -0.25) is 4.90 Å². The SMILES string of the molecule is C[C@]12CC[C@H](N3CCNC[C@H]3CO)C[C@@]1(O)CC[C@@H]1[C@@H]2CC[C@]2(C)[C@@H](c3ccc(=O)oc3)CC[C@]12O. The quantitative estimate of drug-likeness (QED) is 0.506. The molecule has 0 radical (unpaired) electrons. The zero-order chi connectivity index (χ0) is 25.3. The highest BCUT2D eigenvalue weighted by molar-refractivity contribution is 5.28. The summed E-state index contributed by atoms with van der Waals surface area (Å²) in [5.41, 5.74) is -1.26. The summed E-state index contributed by atoms with van der Waals surface area (Å²) in [5, 5.41) is 38.1. The van der Waals surface area contributed by atoms with E-state index in [1.165, 1.54) is 6.07 Å². The number of aliphatic hydroxyl groups excluding tert-OH is 1. The standard InChI is InChI=1S/C29H44N2O5/c1-26-9-5-20(31-14-13-30-16-21(31)17-32)15-28(26,34)11-7-24-23(26)6-10-27(2)22(8-12-29(24,27)35)19-3-4-25(33)36-18-19/h3-4,18,20-24,30,32,34-35H,5-17H2,1-2H3/t20-,21-,22+,23-,24+,26+,27+,28-,29-/m0/s1. The van der Waals surface area contributed by atoms with E-state index in [1.54, 1.807) is 6.26 Å². The summed E-state index contributed by atoms with van der Waals surface area (Å²) < 4.78 is 5.22. The lowest BCUT2D eigenvalue weighted by molar-refractivity contribution is -0.251. The van der Waals surface area contributed by atoms with Gasteiger partial charge in [-0.15, -0.1) is 0 Å². The predicted molar refractivity (Wildman–Crippen MR) is 137 cm³/mol. The molecule has 0 spiro atoms. The van der Waals surface area contributed by atoms with Gasteiger partial charge in [0.25, 0.3) is 0 Å². The minimum absolute atomic E-state index is 0.127. The maximum atomic E-state index is 12.4. The Balaban J connectivity index is 1.26. The first-order valence-electron chi connectivity index (χ1n) is 14.3. The number of fused-ring (bicyclic) bond motifs is 5. The van der Waals surface area contributed by atoms with Crippen molar-refractivity contribution in [3.63, 3.8) is 0 Å². The van der Waals surface area contributed by atoms with E-state index >= 15 is 0 Å². The summed E-state index contributed by atoms with van der Waals surface area (Å²) in [7, 11) is 0. The van der Waals surface area contributed by atoms with Crippen molar-refractivity contribution in [3.05, 3.63) is 34.4 Å². The topological polar surface area (TPSA) is 106 Å². The fourth-order valence-corrected chi connectivity index (χ4v) is 10.0. The zero-order valence-electron chi connectivity index (χ0n) is 21.9. The number of nitrogens with one attached hydrogen (secondary N) is 1. The van der Waals surface area contributed by atoms with Gasteiger partial charge in [-0.05, 0) is 92.6 Å². The van der Waals surface area contributed by atoms with Gasteiger partial charge in [0.1, 0.15) is 0 Å². The van der Waals surface area contributed by atoms with E-state index in [0.717, 1.165) is 83.0 Å². The van der Waals surface area contributed by atoms with E-state index in [1.807, 2.05) is 6.07 Å². The van der Waals surface area contributed by atoms with Crippen molar-refractivity contribution in [2.45, 2.75) is 101 Å². The van der Waals surface area contributed by atoms with Crippen LogP contribution < -0.4 is 10.9 Å². The second kappa shape index (κ2) is 8.63. The molecule has 1 aromatic heterocycles. The van der Waals surface area contributed by atoms with Crippen LogP contribution in [0.3, 0.4) is 0 Å². The third-order valence-electron chi connectivity index (χ3n) is 12.2. The van der Waals surface area contributed by atoms with Crippen molar-refractivity contribution >= 4 is 0 Å². The molecule has 4 saturated carbocycles. The number of aliphatic hydroxyl groups is 3. The Labute approximate surface area is 214 Å². The molecule has 1 saturated heterocycles. The highest BCUT2D eigenvalue weighted by atomic mass is 16.4. The molecule has 1 aliphatic heterocycles. The minimum atomic E-state index is -0.765. The van der Waals surface area contributed by atoms with Gasteiger partial charge >= 0.3 is 5.63 Å². The second-order valence-corrected chi connectivity index (χ2v) is 13.2. The second-order valence-electron chi connectivity index (χ2n) is 13.2. The van der Waals surface area contributed by atoms with Crippen molar-refractivity contribution < 1.29 is 19.7 Å². The molecule has 5 fully saturated rings. The molecule has 2 heterocycles. The largest absolute Gasteiger partial charge is 0.431 e. The van der Waals surface area contributed by atoms with E-state index in [0.29, 0.717) is 12.0 Å². The Morgan fingerprint density at radius 3 is 2.56 bits per heavy atom. The summed E-state index contributed by atoms with van der Waals surface area (Å²) in [6.45, 7) is 7.39. The molecule has 0 aromatic carbocycles. The molecular weight excluding hydrogens is 456 g/mol.